The molecule has 0 radical (unpaired) electrons. The summed E-state index contributed by atoms with van der Waals surface area (Å²) in [6.07, 6.45) is 2.31. The Morgan fingerprint density at radius 3 is 2.88 bits per heavy atom. The van der Waals surface area contributed by atoms with E-state index in [2.05, 4.69) is 4.98 Å². The summed E-state index contributed by atoms with van der Waals surface area (Å²) in [6, 6.07) is 9.26. The van der Waals surface area contributed by atoms with Crippen molar-refractivity contribution in [2.45, 2.75) is 31.4 Å². The highest BCUT2D eigenvalue weighted by atomic mass is 16.5. The molecule has 2 atom stereocenters. The molecule has 0 bridgehead atoms. The predicted molar refractivity (Wildman–Crippen MR) is 88.6 cm³/mol. The topological polar surface area (TPSA) is 79.7 Å². The lowest BCUT2D eigenvalue weighted by Crippen LogP contribution is -2.38. The van der Waals surface area contributed by atoms with Gasteiger partial charge in [0.2, 0.25) is 5.91 Å². The van der Waals surface area contributed by atoms with Crippen molar-refractivity contribution in [1.29, 1.82) is 0 Å². The number of para-hydroxylation sites is 1. The number of benzene rings is 1. The molecule has 24 heavy (non-hydrogen) atoms. The maximum atomic E-state index is 12.8. The van der Waals surface area contributed by atoms with Crippen molar-refractivity contribution in [3.05, 3.63) is 42.1 Å². The summed E-state index contributed by atoms with van der Waals surface area (Å²) in [5.74, 6) is -0.986. The third-order valence-corrected chi connectivity index (χ3v) is 4.50. The summed E-state index contributed by atoms with van der Waals surface area (Å²) in [7, 11) is 1.59. The summed E-state index contributed by atoms with van der Waals surface area (Å²) in [5.41, 5.74) is 1.67. The van der Waals surface area contributed by atoms with Gasteiger partial charge in [-0.25, -0.2) is 0 Å². The maximum absolute atomic E-state index is 12.8. The number of fused-ring (bicyclic) bond motifs is 1. The molecule has 1 N–H and O–H groups in total. The Morgan fingerprint density at radius 2 is 2.12 bits per heavy atom. The van der Waals surface area contributed by atoms with Crippen molar-refractivity contribution in [3.63, 3.8) is 0 Å². The van der Waals surface area contributed by atoms with E-state index in [0.717, 1.165) is 16.5 Å². The fourth-order valence-corrected chi connectivity index (χ4v) is 3.32. The molecule has 1 fully saturated rings. The molecule has 1 aromatic heterocycles. The molecule has 1 aliphatic heterocycles. The van der Waals surface area contributed by atoms with Crippen molar-refractivity contribution in [2.75, 3.05) is 13.7 Å². The predicted octanol–water partition coefficient (Wildman–Crippen LogP) is 1.87. The number of hydrogen-bond donors (Lipinski definition) is 1. The van der Waals surface area contributed by atoms with Gasteiger partial charge in [0.1, 0.15) is 0 Å². The van der Waals surface area contributed by atoms with E-state index in [0.29, 0.717) is 13.0 Å². The summed E-state index contributed by atoms with van der Waals surface area (Å²) in [6.45, 7) is 0.436. The molecule has 0 unspecified atom stereocenters. The summed E-state index contributed by atoms with van der Waals surface area (Å²) >= 11 is 0. The van der Waals surface area contributed by atoms with Gasteiger partial charge in [-0.15, -0.1) is 0 Å². The number of amides is 1. The zero-order valence-corrected chi connectivity index (χ0v) is 13.5. The van der Waals surface area contributed by atoms with E-state index in [4.69, 9.17) is 9.84 Å². The van der Waals surface area contributed by atoms with Gasteiger partial charge in [0.05, 0.1) is 24.5 Å². The minimum Gasteiger partial charge on any atom is -0.481 e. The average molecular weight is 328 g/mol. The lowest BCUT2D eigenvalue weighted by Gasteiger charge is -2.23. The van der Waals surface area contributed by atoms with Gasteiger partial charge in [0.15, 0.2) is 0 Å². The van der Waals surface area contributed by atoms with Crippen LogP contribution < -0.4 is 0 Å². The van der Waals surface area contributed by atoms with Crippen LogP contribution in [0.15, 0.2) is 36.5 Å². The first-order chi connectivity index (χ1) is 11.6. The van der Waals surface area contributed by atoms with Crippen LogP contribution in [0.1, 0.15) is 18.4 Å². The van der Waals surface area contributed by atoms with Crippen LogP contribution in [0, 0.1) is 0 Å². The number of carbonyl (C=O) groups excluding carboxylic acids is 1. The number of hydrogen-bond acceptors (Lipinski definition) is 4. The largest absolute Gasteiger partial charge is 0.481 e. The maximum Gasteiger partial charge on any atom is 0.305 e. The van der Waals surface area contributed by atoms with Gasteiger partial charge < -0.3 is 14.7 Å². The average Bonchev–Trinajstić information content (AvgIpc) is 2.97. The van der Waals surface area contributed by atoms with Crippen molar-refractivity contribution in [1.82, 2.24) is 9.88 Å². The SMILES string of the molecule is CO[C@H]1C[C@@H](CC(=O)O)N(C(=O)Cc2cccc3cccnc23)C1. The van der Waals surface area contributed by atoms with E-state index >= 15 is 0 Å². The van der Waals surface area contributed by atoms with E-state index in [1.54, 1.807) is 18.2 Å². The summed E-state index contributed by atoms with van der Waals surface area (Å²) in [4.78, 5) is 29.8. The number of methoxy groups -OCH3 is 1. The Morgan fingerprint density at radius 1 is 1.33 bits per heavy atom. The number of pyridine rings is 1. The number of carboxylic acid groups (broad SMARTS) is 1. The van der Waals surface area contributed by atoms with Crippen LogP contribution in [-0.2, 0) is 20.7 Å². The number of aliphatic carboxylic acids is 1. The first kappa shape index (κ1) is 16.4. The van der Waals surface area contributed by atoms with Crippen LogP contribution in [0.4, 0.5) is 0 Å². The van der Waals surface area contributed by atoms with Crippen molar-refractivity contribution < 1.29 is 19.4 Å². The van der Waals surface area contributed by atoms with Crippen LogP contribution in [0.5, 0.6) is 0 Å². The fraction of sp³-hybridized carbons (Fsp3) is 0.389. The molecule has 3 rings (SSSR count). The van der Waals surface area contributed by atoms with Gasteiger partial charge in [-0.05, 0) is 18.1 Å². The second kappa shape index (κ2) is 6.97. The van der Waals surface area contributed by atoms with Crippen molar-refractivity contribution in [3.8, 4) is 0 Å². The van der Waals surface area contributed by atoms with Crippen LogP contribution in [-0.4, -0.2) is 52.7 Å². The highest BCUT2D eigenvalue weighted by Gasteiger charge is 2.36. The minimum absolute atomic E-state index is 0.0562. The number of ether oxygens (including phenoxy) is 1. The quantitative estimate of drug-likeness (QED) is 0.906. The van der Waals surface area contributed by atoms with E-state index in [1.165, 1.54) is 0 Å². The molecule has 0 aliphatic carbocycles. The number of aromatic nitrogens is 1. The van der Waals surface area contributed by atoms with Gasteiger partial charge in [-0.1, -0.05) is 24.3 Å². The van der Waals surface area contributed by atoms with Crippen LogP contribution >= 0.6 is 0 Å². The Bertz CT molecular complexity index is 756. The highest BCUT2D eigenvalue weighted by Crippen LogP contribution is 2.25. The van der Waals surface area contributed by atoms with E-state index < -0.39 is 5.97 Å². The van der Waals surface area contributed by atoms with Crippen LogP contribution in [0.25, 0.3) is 10.9 Å². The molecular weight excluding hydrogens is 308 g/mol. The van der Waals surface area contributed by atoms with E-state index in [-0.39, 0.29) is 30.9 Å². The third kappa shape index (κ3) is 3.38. The summed E-state index contributed by atoms with van der Waals surface area (Å²) in [5, 5.41) is 10.1. The number of nitrogens with zero attached hydrogens (tertiary/aromatic N) is 2. The Hall–Kier alpha value is -2.47. The highest BCUT2D eigenvalue weighted by molar-refractivity contribution is 5.88. The molecule has 6 heteroatoms. The molecular formula is C18H20N2O4. The first-order valence-corrected chi connectivity index (χ1v) is 7.95. The van der Waals surface area contributed by atoms with Crippen molar-refractivity contribution >= 4 is 22.8 Å². The molecule has 6 nitrogen and oxygen atoms in total. The fourth-order valence-electron chi connectivity index (χ4n) is 3.32. The Balaban J connectivity index is 1.81. The van der Waals surface area contributed by atoms with Gasteiger partial charge in [-0.2, -0.15) is 0 Å². The molecule has 1 saturated heterocycles. The Labute approximate surface area is 140 Å². The smallest absolute Gasteiger partial charge is 0.305 e. The molecule has 2 aromatic rings. The molecule has 2 heterocycles. The second-order valence-corrected chi connectivity index (χ2v) is 6.06. The number of carbonyl (C=O) groups is 2. The summed E-state index contributed by atoms with van der Waals surface area (Å²) < 4.78 is 5.32. The third-order valence-electron chi connectivity index (χ3n) is 4.50. The molecule has 1 amide bonds. The lowest BCUT2D eigenvalue weighted by molar-refractivity contribution is -0.139. The normalized spacial score (nSPS) is 20.5. The molecule has 0 saturated carbocycles. The second-order valence-electron chi connectivity index (χ2n) is 6.06. The van der Waals surface area contributed by atoms with Gasteiger partial charge in [0.25, 0.3) is 0 Å². The minimum atomic E-state index is -0.901. The van der Waals surface area contributed by atoms with Crippen LogP contribution in [0.2, 0.25) is 0 Å². The van der Waals surface area contributed by atoms with Gasteiger partial charge >= 0.3 is 5.97 Å². The molecule has 0 spiro atoms. The number of carboxylic acids is 1. The Kier molecular flexibility index (Phi) is 4.76. The number of rotatable bonds is 5. The zero-order valence-electron chi connectivity index (χ0n) is 13.5. The van der Waals surface area contributed by atoms with Gasteiger partial charge in [0, 0.05) is 31.3 Å². The van der Waals surface area contributed by atoms with E-state index in [9.17, 15) is 9.59 Å². The molecule has 126 valence electrons. The monoisotopic (exact) mass is 328 g/mol. The molecule has 1 aromatic carbocycles. The standard InChI is InChI=1S/C18H20N2O4/c1-24-15-9-14(10-17(22)23)20(11-15)16(21)8-13-5-2-4-12-6-3-7-19-18(12)13/h2-7,14-15H,8-11H2,1H3,(H,22,23)/t14-,15-/m0/s1. The van der Waals surface area contributed by atoms with Crippen molar-refractivity contribution in [2.24, 2.45) is 0 Å². The van der Waals surface area contributed by atoms with E-state index in [1.807, 2.05) is 30.3 Å². The van der Waals surface area contributed by atoms with Gasteiger partial charge in [-0.3, -0.25) is 14.6 Å². The number of likely N-dealkylation sites (tertiary alicyclic amines) is 1. The zero-order chi connectivity index (χ0) is 17.1. The lowest BCUT2D eigenvalue weighted by atomic mass is 10.1. The van der Waals surface area contributed by atoms with Crippen LogP contribution in [0.3, 0.4) is 0 Å². The molecule has 1 aliphatic rings. The first-order valence-electron chi connectivity index (χ1n) is 7.95.